The molecule has 1 fully saturated rings. The summed E-state index contributed by atoms with van der Waals surface area (Å²) in [7, 11) is 0. The van der Waals surface area contributed by atoms with Gasteiger partial charge in [-0.1, -0.05) is 12.8 Å². The van der Waals surface area contributed by atoms with Crippen molar-refractivity contribution in [2.45, 2.75) is 32.1 Å². The molecule has 0 N–H and O–H groups in total. The van der Waals surface area contributed by atoms with Crippen molar-refractivity contribution in [3.8, 4) is 6.07 Å². The van der Waals surface area contributed by atoms with Gasteiger partial charge >= 0.3 is 0 Å². The topological polar surface area (TPSA) is 23.8 Å². The Morgan fingerprint density at radius 3 is 2.40 bits per heavy atom. The highest BCUT2D eigenvalue weighted by Crippen LogP contribution is 2.40. The molecule has 0 atom stereocenters. The van der Waals surface area contributed by atoms with Crippen LogP contribution in [0.2, 0.25) is 0 Å². The molecule has 0 saturated heterocycles. The highest BCUT2D eigenvalue weighted by Gasteiger charge is 2.32. The van der Waals surface area contributed by atoms with Gasteiger partial charge in [-0.15, -0.1) is 11.6 Å². The molecule has 1 aliphatic carbocycles. The lowest BCUT2D eigenvalue weighted by molar-refractivity contribution is 0.398. The second kappa shape index (κ2) is 3.25. The Morgan fingerprint density at radius 2 is 2.00 bits per heavy atom. The average Bonchev–Trinajstić information content (AvgIpc) is 2.39. The first-order valence-corrected chi connectivity index (χ1v) is 4.34. The molecule has 56 valence electrons. The third-order valence-electron chi connectivity index (χ3n) is 2.37. The number of nitriles is 1. The monoisotopic (exact) mass is 157 g/mol. The smallest absolute Gasteiger partial charge is 0.0690 e. The lowest BCUT2D eigenvalue weighted by Gasteiger charge is -2.17. The molecule has 0 bridgehead atoms. The van der Waals surface area contributed by atoms with Gasteiger partial charge in [0, 0.05) is 5.88 Å². The minimum Gasteiger partial charge on any atom is -0.198 e. The van der Waals surface area contributed by atoms with Crippen LogP contribution in [0, 0.1) is 16.7 Å². The zero-order chi connectivity index (χ0) is 7.45. The van der Waals surface area contributed by atoms with E-state index in [1.165, 1.54) is 12.8 Å². The summed E-state index contributed by atoms with van der Waals surface area (Å²) in [6.45, 7) is 0. The van der Waals surface area contributed by atoms with Gasteiger partial charge in [0.2, 0.25) is 0 Å². The summed E-state index contributed by atoms with van der Waals surface area (Å²) in [6.07, 6.45) is 5.44. The Labute approximate surface area is 67.0 Å². The van der Waals surface area contributed by atoms with E-state index in [1.807, 2.05) is 0 Å². The van der Waals surface area contributed by atoms with E-state index in [1.54, 1.807) is 0 Å². The van der Waals surface area contributed by atoms with E-state index in [2.05, 4.69) is 6.07 Å². The summed E-state index contributed by atoms with van der Waals surface area (Å²) in [4.78, 5) is 0. The predicted octanol–water partition coefficient (Wildman–Crippen LogP) is 2.70. The summed E-state index contributed by atoms with van der Waals surface area (Å²) in [6, 6.07) is 2.39. The second-order valence-electron chi connectivity index (χ2n) is 3.04. The minimum absolute atomic E-state index is 0.0399. The SMILES string of the molecule is N#CC1(CCCl)CCCC1. The van der Waals surface area contributed by atoms with Gasteiger partial charge in [0.15, 0.2) is 0 Å². The molecule has 0 amide bonds. The molecule has 1 rings (SSSR count). The maximum Gasteiger partial charge on any atom is 0.0690 e. The van der Waals surface area contributed by atoms with Crippen molar-refractivity contribution in [2.24, 2.45) is 5.41 Å². The lowest BCUT2D eigenvalue weighted by atomic mass is 9.85. The predicted molar refractivity (Wildman–Crippen MR) is 41.9 cm³/mol. The van der Waals surface area contributed by atoms with Crippen molar-refractivity contribution >= 4 is 11.6 Å². The zero-order valence-electron chi connectivity index (χ0n) is 6.07. The summed E-state index contributed by atoms with van der Waals surface area (Å²) >= 11 is 5.60. The maximum absolute atomic E-state index is 8.84. The van der Waals surface area contributed by atoms with Crippen LogP contribution in [-0.2, 0) is 0 Å². The van der Waals surface area contributed by atoms with Crippen LogP contribution in [0.5, 0.6) is 0 Å². The van der Waals surface area contributed by atoms with E-state index in [0.29, 0.717) is 5.88 Å². The fourth-order valence-electron chi connectivity index (χ4n) is 1.65. The van der Waals surface area contributed by atoms with E-state index in [0.717, 1.165) is 19.3 Å². The van der Waals surface area contributed by atoms with Gasteiger partial charge in [0.25, 0.3) is 0 Å². The van der Waals surface area contributed by atoms with E-state index in [4.69, 9.17) is 16.9 Å². The van der Waals surface area contributed by atoms with E-state index < -0.39 is 0 Å². The summed E-state index contributed by atoms with van der Waals surface area (Å²) < 4.78 is 0. The molecule has 0 aromatic rings. The van der Waals surface area contributed by atoms with Crippen LogP contribution in [-0.4, -0.2) is 5.88 Å². The molecule has 0 spiro atoms. The first-order valence-electron chi connectivity index (χ1n) is 3.80. The van der Waals surface area contributed by atoms with E-state index in [-0.39, 0.29) is 5.41 Å². The Kier molecular flexibility index (Phi) is 2.56. The summed E-state index contributed by atoms with van der Waals surface area (Å²) in [5.74, 6) is 0.633. The fraction of sp³-hybridized carbons (Fsp3) is 0.875. The largest absolute Gasteiger partial charge is 0.198 e. The third-order valence-corrected chi connectivity index (χ3v) is 2.56. The maximum atomic E-state index is 8.84. The van der Waals surface area contributed by atoms with Gasteiger partial charge in [-0.25, -0.2) is 0 Å². The van der Waals surface area contributed by atoms with Crippen molar-refractivity contribution < 1.29 is 0 Å². The molecule has 0 unspecified atom stereocenters. The summed E-state index contributed by atoms with van der Waals surface area (Å²) in [5, 5.41) is 8.84. The van der Waals surface area contributed by atoms with Crippen LogP contribution < -0.4 is 0 Å². The standard InChI is InChI=1S/C8H12ClN/c9-6-5-8(7-10)3-1-2-4-8/h1-6H2. The van der Waals surface area contributed by atoms with E-state index in [9.17, 15) is 0 Å². The van der Waals surface area contributed by atoms with Gasteiger partial charge in [-0.2, -0.15) is 5.26 Å². The second-order valence-corrected chi connectivity index (χ2v) is 3.42. The van der Waals surface area contributed by atoms with Crippen molar-refractivity contribution in [2.75, 3.05) is 5.88 Å². The Bertz CT molecular complexity index is 142. The van der Waals surface area contributed by atoms with Crippen LogP contribution in [0.1, 0.15) is 32.1 Å². The molecule has 1 nitrogen and oxygen atoms in total. The van der Waals surface area contributed by atoms with Gasteiger partial charge in [-0.3, -0.25) is 0 Å². The van der Waals surface area contributed by atoms with Crippen LogP contribution in [0.15, 0.2) is 0 Å². The molecule has 0 radical (unpaired) electrons. The molecule has 0 aromatic heterocycles. The van der Waals surface area contributed by atoms with Crippen LogP contribution >= 0.6 is 11.6 Å². The first-order chi connectivity index (χ1) is 4.83. The molecule has 0 aromatic carbocycles. The van der Waals surface area contributed by atoms with Gasteiger partial charge in [-0.05, 0) is 19.3 Å². The third kappa shape index (κ3) is 1.44. The van der Waals surface area contributed by atoms with E-state index >= 15 is 0 Å². The Morgan fingerprint density at radius 1 is 1.40 bits per heavy atom. The van der Waals surface area contributed by atoms with Crippen LogP contribution in [0.4, 0.5) is 0 Å². The highest BCUT2D eigenvalue weighted by molar-refractivity contribution is 6.17. The molecular weight excluding hydrogens is 146 g/mol. The quantitative estimate of drug-likeness (QED) is 0.566. The highest BCUT2D eigenvalue weighted by atomic mass is 35.5. The lowest BCUT2D eigenvalue weighted by Crippen LogP contribution is -2.13. The number of alkyl halides is 1. The van der Waals surface area contributed by atoms with Gasteiger partial charge in [0.1, 0.15) is 0 Å². The number of rotatable bonds is 2. The molecule has 0 aliphatic heterocycles. The number of nitrogens with zero attached hydrogens (tertiary/aromatic N) is 1. The van der Waals surface area contributed by atoms with Gasteiger partial charge in [0.05, 0.1) is 11.5 Å². The summed E-state index contributed by atoms with van der Waals surface area (Å²) in [5.41, 5.74) is -0.0399. The van der Waals surface area contributed by atoms with Crippen LogP contribution in [0.3, 0.4) is 0 Å². The Balaban J connectivity index is 2.51. The Hall–Kier alpha value is -0.220. The van der Waals surface area contributed by atoms with Crippen molar-refractivity contribution in [3.63, 3.8) is 0 Å². The molecule has 0 heterocycles. The van der Waals surface area contributed by atoms with Crippen LogP contribution in [0.25, 0.3) is 0 Å². The number of halogens is 1. The van der Waals surface area contributed by atoms with Gasteiger partial charge < -0.3 is 0 Å². The zero-order valence-corrected chi connectivity index (χ0v) is 6.82. The molecule has 1 saturated carbocycles. The molecule has 10 heavy (non-hydrogen) atoms. The average molecular weight is 158 g/mol. The first kappa shape index (κ1) is 7.88. The normalized spacial score (nSPS) is 22.4. The molecule has 1 aliphatic rings. The van der Waals surface area contributed by atoms with Crippen molar-refractivity contribution in [3.05, 3.63) is 0 Å². The van der Waals surface area contributed by atoms with Crippen molar-refractivity contribution in [1.82, 2.24) is 0 Å². The molecular formula is C8H12ClN. The minimum atomic E-state index is -0.0399. The fourth-order valence-corrected chi connectivity index (χ4v) is 2.01. The van der Waals surface area contributed by atoms with Crippen molar-refractivity contribution in [1.29, 1.82) is 5.26 Å². The number of hydrogen-bond donors (Lipinski definition) is 0. The molecule has 2 heteroatoms. The number of hydrogen-bond acceptors (Lipinski definition) is 1.